The van der Waals surface area contributed by atoms with E-state index in [4.69, 9.17) is 10.5 Å². The van der Waals surface area contributed by atoms with Crippen LogP contribution in [-0.2, 0) is 16.6 Å². The normalized spacial score (nSPS) is 11.3. The van der Waals surface area contributed by atoms with Gasteiger partial charge in [-0.25, -0.2) is 4.98 Å². The summed E-state index contributed by atoms with van der Waals surface area (Å²) in [5.41, 5.74) is 1.48. The quantitative estimate of drug-likeness (QED) is 0.853. The molecular weight excluding hydrogens is 258 g/mol. The highest BCUT2D eigenvalue weighted by Crippen LogP contribution is 2.16. The van der Waals surface area contributed by atoms with Crippen LogP contribution in [0.15, 0.2) is 47.6 Å². The zero-order chi connectivity index (χ0) is 13.7. The fourth-order valence-electron chi connectivity index (χ4n) is 1.62. The minimum absolute atomic E-state index is 0.176. The highest BCUT2D eigenvalue weighted by atomic mass is 32.2. The molecule has 2 rings (SSSR count). The van der Waals surface area contributed by atoms with Gasteiger partial charge in [0.25, 0.3) is 0 Å². The highest BCUT2D eigenvalue weighted by Gasteiger charge is 2.13. The number of rotatable bonds is 3. The molecule has 4 nitrogen and oxygen atoms in total. The van der Waals surface area contributed by atoms with Crippen LogP contribution < -0.4 is 0 Å². The van der Waals surface area contributed by atoms with Gasteiger partial charge in [-0.05, 0) is 23.8 Å². The Morgan fingerprint density at radius 3 is 2.47 bits per heavy atom. The Hall–Kier alpha value is -2.50. The summed E-state index contributed by atoms with van der Waals surface area (Å²) in [5.74, 6) is 0.176. The van der Waals surface area contributed by atoms with Crippen LogP contribution in [0, 0.1) is 22.7 Å². The lowest BCUT2D eigenvalue weighted by Crippen LogP contribution is -2.03. The molecule has 1 heterocycles. The Labute approximate surface area is 113 Å². The standard InChI is InChI=1S/C14H9N3OS/c15-8-11-4-1-2-5-13(11)10-19(18)14-12(9-16)6-3-7-17-14/h1-7H,10H2. The first-order chi connectivity index (χ1) is 9.26. The lowest BCUT2D eigenvalue weighted by molar-refractivity contribution is 0.679. The summed E-state index contributed by atoms with van der Waals surface area (Å²) in [6.07, 6.45) is 1.50. The number of hydrogen-bond donors (Lipinski definition) is 0. The Morgan fingerprint density at radius 1 is 1.05 bits per heavy atom. The second-order valence-corrected chi connectivity index (χ2v) is 5.09. The van der Waals surface area contributed by atoms with E-state index in [-0.39, 0.29) is 10.8 Å². The summed E-state index contributed by atoms with van der Waals surface area (Å²) in [4.78, 5) is 4.00. The van der Waals surface area contributed by atoms with Gasteiger partial charge in [-0.15, -0.1) is 0 Å². The van der Waals surface area contributed by atoms with Crippen molar-refractivity contribution in [3.8, 4) is 12.1 Å². The fraction of sp³-hybridized carbons (Fsp3) is 0.0714. The second-order valence-electron chi connectivity index (χ2n) is 3.73. The molecule has 1 atom stereocenters. The number of nitrogens with zero attached hydrogens (tertiary/aromatic N) is 3. The van der Waals surface area contributed by atoms with E-state index in [1.165, 1.54) is 6.20 Å². The van der Waals surface area contributed by atoms with Crippen LogP contribution in [0.2, 0.25) is 0 Å². The number of pyridine rings is 1. The van der Waals surface area contributed by atoms with Gasteiger partial charge in [0.2, 0.25) is 0 Å². The summed E-state index contributed by atoms with van der Waals surface area (Å²) >= 11 is 0. The summed E-state index contributed by atoms with van der Waals surface area (Å²) in [6, 6.07) is 14.2. The summed E-state index contributed by atoms with van der Waals surface area (Å²) in [5, 5.41) is 18.2. The van der Waals surface area contributed by atoms with Gasteiger partial charge in [0, 0.05) is 6.20 Å². The smallest absolute Gasteiger partial charge is 0.145 e. The van der Waals surface area contributed by atoms with Crippen LogP contribution in [-0.4, -0.2) is 9.19 Å². The van der Waals surface area contributed by atoms with Gasteiger partial charge in [-0.3, -0.25) is 4.21 Å². The SMILES string of the molecule is N#Cc1ccccc1CS(=O)c1ncccc1C#N. The van der Waals surface area contributed by atoms with Crippen LogP contribution in [0.1, 0.15) is 16.7 Å². The molecule has 0 aliphatic rings. The number of hydrogen-bond acceptors (Lipinski definition) is 4. The molecule has 0 radical (unpaired) electrons. The van der Waals surface area contributed by atoms with Crippen molar-refractivity contribution in [2.24, 2.45) is 0 Å². The number of nitriles is 2. The average Bonchev–Trinajstić information content (AvgIpc) is 2.47. The minimum Gasteiger partial charge on any atom is -0.252 e. The molecule has 19 heavy (non-hydrogen) atoms. The zero-order valence-corrected chi connectivity index (χ0v) is 10.7. The molecule has 0 fully saturated rings. The minimum atomic E-state index is -1.44. The molecule has 0 N–H and O–H groups in total. The van der Waals surface area contributed by atoms with Gasteiger partial charge in [0.15, 0.2) is 0 Å². The number of benzene rings is 1. The summed E-state index contributed by atoms with van der Waals surface area (Å²) < 4.78 is 12.3. The molecule has 1 aromatic carbocycles. The zero-order valence-electron chi connectivity index (χ0n) is 9.91. The van der Waals surface area contributed by atoms with E-state index in [1.54, 1.807) is 36.4 Å². The molecule has 92 valence electrons. The van der Waals surface area contributed by atoms with Crippen LogP contribution in [0.5, 0.6) is 0 Å². The predicted octanol–water partition coefficient (Wildman–Crippen LogP) is 2.13. The summed E-state index contributed by atoms with van der Waals surface area (Å²) in [7, 11) is -1.44. The Kier molecular flexibility index (Phi) is 4.02. The molecule has 0 aliphatic heterocycles. The molecule has 0 spiro atoms. The van der Waals surface area contributed by atoms with E-state index >= 15 is 0 Å². The molecule has 2 aromatic rings. The van der Waals surface area contributed by atoms with Gasteiger partial charge in [0.05, 0.1) is 33.7 Å². The van der Waals surface area contributed by atoms with Gasteiger partial charge in [-0.2, -0.15) is 10.5 Å². The molecule has 1 aromatic heterocycles. The maximum Gasteiger partial charge on any atom is 0.145 e. The maximum atomic E-state index is 12.3. The molecule has 0 amide bonds. The first kappa shape index (κ1) is 12.9. The number of aromatic nitrogens is 1. The van der Waals surface area contributed by atoms with E-state index in [2.05, 4.69) is 11.1 Å². The molecule has 0 aliphatic carbocycles. The van der Waals surface area contributed by atoms with E-state index < -0.39 is 10.8 Å². The third kappa shape index (κ3) is 2.85. The lowest BCUT2D eigenvalue weighted by Gasteiger charge is -2.04. The van der Waals surface area contributed by atoms with Crippen molar-refractivity contribution in [2.75, 3.05) is 0 Å². The maximum absolute atomic E-state index is 12.3. The molecule has 5 heteroatoms. The Bertz CT molecular complexity index is 713. The third-order valence-electron chi connectivity index (χ3n) is 2.53. The monoisotopic (exact) mass is 267 g/mol. The summed E-state index contributed by atoms with van der Waals surface area (Å²) in [6.45, 7) is 0. The molecule has 0 saturated heterocycles. The molecule has 0 bridgehead atoms. The first-order valence-corrected chi connectivity index (χ1v) is 6.79. The van der Waals surface area contributed by atoms with E-state index in [1.807, 2.05) is 6.07 Å². The largest absolute Gasteiger partial charge is 0.252 e. The van der Waals surface area contributed by atoms with E-state index in [0.717, 1.165) is 0 Å². The van der Waals surface area contributed by atoms with Gasteiger partial charge >= 0.3 is 0 Å². The highest BCUT2D eigenvalue weighted by molar-refractivity contribution is 7.84. The van der Waals surface area contributed by atoms with Crippen molar-refractivity contribution in [3.05, 3.63) is 59.3 Å². The fourth-order valence-corrected chi connectivity index (χ4v) is 2.83. The topological polar surface area (TPSA) is 77.5 Å². The van der Waals surface area contributed by atoms with Crippen LogP contribution in [0.4, 0.5) is 0 Å². The Morgan fingerprint density at radius 2 is 1.74 bits per heavy atom. The van der Waals surface area contributed by atoms with Crippen molar-refractivity contribution < 1.29 is 4.21 Å². The van der Waals surface area contributed by atoms with E-state index in [9.17, 15) is 4.21 Å². The van der Waals surface area contributed by atoms with Crippen LogP contribution >= 0.6 is 0 Å². The van der Waals surface area contributed by atoms with Crippen LogP contribution in [0.25, 0.3) is 0 Å². The van der Waals surface area contributed by atoms with Gasteiger partial charge < -0.3 is 0 Å². The van der Waals surface area contributed by atoms with Crippen molar-refractivity contribution in [1.82, 2.24) is 4.98 Å². The van der Waals surface area contributed by atoms with E-state index in [0.29, 0.717) is 16.7 Å². The van der Waals surface area contributed by atoms with Crippen molar-refractivity contribution in [1.29, 1.82) is 10.5 Å². The van der Waals surface area contributed by atoms with Gasteiger partial charge in [-0.1, -0.05) is 18.2 Å². The van der Waals surface area contributed by atoms with Crippen molar-refractivity contribution >= 4 is 10.8 Å². The molecular formula is C14H9N3OS. The first-order valence-electron chi connectivity index (χ1n) is 5.47. The predicted molar refractivity (Wildman–Crippen MR) is 70.2 cm³/mol. The molecule has 1 unspecified atom stereocenters. The van der Waals surface area contributed by atoms with Crippen molar-refractivity contribution in [2.45, 2.75) is 10.8 Å². The lowest BCUT2D eigenvalue weighted by atomic mass is 10.1. The van der Waals surface area contributed by atoms with Crippen LogP contribution in [0.3, 0.4) is 0 Å². The Balaban J connectivity index is 2.32. The third-order valence-corrected chi connectivity index (χ3v) is 3.86. The molecule has 0 saturated carbocycles. The van der Waals surface area contributed by atoms with Crippen molar-refractivity contribution in [3.63, 3.8) is 0 Å². The average molecular weight is 267 g/mol. The van der Waals surface area contributed by atoms with Gasteiger partial charge in [0.1, 0.15) is 11.1 Å². The second kappa shape index (κ2) is 5.90.